The van der Waals surface area contributed by atoms with Gasteiger partial charge in [-0.05, 0) is 25.5 Å². The van der Waals surface area contributed by atoms with Gasteiger partial charge in [0.2, 0.25) is 0 Å². The van der Waals surface area contributed by atoms with Crippen LogP contribution in [0, 0.1) is 13.8 Å². The zero-order valence-corrected chi connectivity index (χ0v) is 10.9. The van der Waals surface area contributed by atoms with Gasteiger partial charge < -0.3 is 9.84 Å². The molecule has 17 heavy (non-hydrogen) atoms. The quantitative estimate of drug-likeness (QED) is 0.892. The van der Waals surface area contributed by atoms with Crippen LogP contribution in [-0.2, 0) is 16.1 Å². The lowest BCUT2D eigenvalue weighted by atomic mass is 10.2. The van der Waals surface area contributed by atoms with Gasteiger partial charge >= 0.3 is 5.97 Å². The Morgan fingerprint density at radius 3 is 3.00 bits per heavy atom. The third-order valence-corrected chi connectivity index (χ3v) is 3.97. The Hall–Kier alpha value is -0.910. The normalized spacial score (nSPS) is 21.6. The Balaban J connectivity index is 1.99. The molecule has 5 heteroatoms. The fraction of sp³-hybridized carbons (Fsp3) is 0.583. The zero-order valence-electron chi connectivity index (χ0n) is 10.1. The van der Waals surface area contributed by atoms with Crippen molar-refractivity contribution in [3.05, 3.63) is 21.4 Å². The summed E-state index contributed by atoms with van der Waals surface area (Å²) in [4.78, 5) is 15.6. The average molecular weight is 255 g/mol. The maximum Gasteiger partial charge on any atom is 0.334 e. The molecular weight excluding hydrogens is 238 g/mol. The standard InChI is InChI=1S/C12H17NO3S/c1-8-5-10(9(2)17-8)6-13-3-4-16-11(7-13)12(14)15/h5,11H,3-4,6-7H2,1-2H3,(H,14,15). The maximum atomic E-state index is 10.9. The number of carbonyl (C=O) groups is 1. The number of ether oxygens (including phenoxy) is 1. The molecule has 1 aliphatic rings. The number of aliphatic carboxylic acids is 1. The molecule has 0 amide bonds. The molecule has 2 rings (SSSR count). The molecule has 0 saturated carbocycles. The first kappa shape index (κ1) is 12.5. The minimum absolute atomic E-state index is 0.476. The van der Waals surface area contributed by atoms with E-state index in [1.54, 1.807) is 11.3 Å². The molecule has 94 valence electrons. The first-order valence-corrected chi connectivity index (χ1v) is 6.50. The van der Waals surface area contributed by atoms with E-state index in [4.69, 9.17) is 9.84 Å². The summed E-state index contributed by atoms with van der Waals surface area (Å²) < 4.78 is 5.20. The van der Waals surface area contributed by atoms with E-state index < -0.39 is 12.1 Å². The van der Waals surface area contributed by atoms with Crippen molar-refractivity contribution in [2.45, 2.75) is 26.5 Å². The molecule has 0 aliphatic carbocycles. The summed E-state index contributed by atoms with van der Waals surface area (Å²) >= 11 is 1.79. The molecule has 1 unspecified atom stereocenters. The van der Waals surface area contributed by atoms with Gasteiger partial charge in [-0.3, -0.25) is 4.90 Å². The summed E-state index contributed by atoms with van der Waals surface area (Å²) in [5, 5.41) is 8.93. The van der Waals surface area contributed by atoms with E-state index in [-0.39, 0.29) is 0 Å². The topological polar surface area (TPSA) is 49.8 Å². The molecule has 0 bridgehead atoms. The number of hydrogen-bond acceptors (Lipinski definition) is 4. The van der Waals surface area contributed by atoms with Crippen LogP contribution in [-0.4, -0.2) is 41.8 Å². The van der Waals surface area contributed by atoms with Crippen LogP contribution in [0.1, 0.15) is 15.3 Å². The predicted molar refractivity (Wildman–Crippen MR) is 66.4 cm³/mol. The van der Waals surface area contributed by atoms with Gasteiger partial charge in [0.15, 0.2) is 6.10 Å². The van der Waals surface area contributed by atoms with Gasteiger partial charge in [0.05, 0.1) is 6.61 Å². The van der Waals surface area contributed by atoms with Crippen LogP contribution in [0.15, 0.2) is 6.07 Å². The summed E-state index contributed by atoms with van der Waals surface area (Å²) in [6, 6.07) is 2.19. The number of hydrogen-bond donors (Lipinski definition) is 1. The largest absolute Gasteiger partial charge is 0.479 e. The molecule has 0 aromatic carbocycles. The van der Waals surface area contributed by atoms with Crippen LogP contribution in [0.3, 0.4) is 0 Å². The Morgan fingerprint density at radius 1 is 1.65 bits per heavy atom. The van der Waals surface area contributed by atoms with E-state index in [0.717, 1.165) is 13.1 Å². The van der Waals surface area contributed by atoms with E-state index in [0.29, 0.717) is 13.2 Å². The van der Waals surface area contributed by atoms with E-state index in [9.17, 15) is 4.79 Å². The number of carboxylic acid groups (broad SMARTS) is 1. The highest BCUT2D eigenvalue weighted by molar-refractivity contribution is 7.12. The third-order valence-electron chi connectivity index (χ3n) is 2.96. The van der Waals surface area contributed by atoms with Gasteiger partial charge in [0.25, 0.3) is 0 Å². The summed E-state index contributed by atoms with van der Waals surface area (Å²) in [7, 11) is 0. The van der Waals surface area contributed by atoms with Crippen LogP contribution in [0.5, 0.6) is 0 Å². The van der Waals surface area contributed by atoms with Crippen LogP contribution in [0.2, 0.25) is 0 Å². The molecule has 1 fully saturated rings. The third kappa shape index (κ3) is 3.06. The molecule has 1 saturated heterocycles. The van der Waals surface area contributed by atoms with Gasteiger partial charge in [0.1, 0.15) is 0 Å². The van der Waals surface area contributed by atoms with Crippen molar-refractivity contribution in [2.75, 3.05) is 19.7 Å². The number of morpholine rings is 1. The highest BCUT2D eigenvalue weighted by Gasteiger charge is 2.26. The van der Waals surface area contributed by atoms with Gasteiger partial charge in [-0.2, -0.15) is 0 Å². The van der Waals surface area contributed by atoms with Crippen LogP contribution >= 0.6 is 11.3 Å². The van der Waals surface area contributed by atoms with Gasteiger partial charge in [0, 0.05) is 29.4 Å². The summed E-state index contributed by atoms with van der Waals surface area (Å²) in [5.74, 6) is -0.868. The van der Waals surface area contributed by atoms with E-state index in [1.165, 1.54) is 15.3 Å². The minimum Gasteiger partial charge on any atom is -0.479 e. The first-order valence-electron chi connectivity index (χ1n) is 5.69. The second-order valence-electron chi connectivity index (χ2n) is 4.37. The highest BCUT2D eigenvalue weighted by atomic mass is 32.1. The lowest BCUT2D eigenvalue weighted by molar-refractivity contribution is -0.156. The lowest BCUT2D eigenvalue weighted by Crippen LogP contribution is -2.45. The lowest BCUT2D eigenvalue weighted by Gasteiger charge is -2.30. The number of nitrogens with zero attached hydrogens (tertiary/aromatic N) is 1. The van der Waals surface area contributed by atoms with Crippen LogP contribution < -0.4 is 0 Å². The molecule has 1 aliphatic heterocycles. The van der Waals surface area contributed by atoms with Crippen molar-refractivity contribution in [1.82, 2.24) is 4.90 Å². The number of aryl methyl sites for hydroxylation is 2. The number of thiophene rings is 1. The molecule has 4 nitrogen and oxygen atoms in total. The maximum absolute atomic E-state index is 10.9. The fourth-order valence-electron chi connectivity index (χ4n) is 2.08. The van der Waals surface area contributed by atoms with Crippen molar-refractivity contribution in [3.8, 4) is 0 Å². The van der Waals surface area contributed by atoms with Crippen LogP contribution in [0.4, 0.5) is 0 Å². The average Bonchev–Trinajstić information content (AvgIpc) is 2.58. The summed E-state index contributed by atoms with van der Waals surface area (Å²) in [6.07, 6.45) is -0.677. The summed E-state index contributed by atoms with van der Waals surface area (Å²) in [5.41, 5.74) is 1.30. The Kier molecular flexibility index (Phi) is 3.81. The van der Waals surface area contributed by atoms with Crippen molar-refractivity contribution >= 4 is 17.3 Å². The highest BCUT2D eigenvalue weighted by Crippen LogP contribution is 2.22. The van der Waals surface area contributed by atoms with Crippen molar-refractivity contribution < 1.29 is 14.6 Å². The van der Waals surface area contributed by atoms with Gasteiger partial charge in [-0.15, -0.1) is 11.3 Å². The van der Waals surface area contributed by atoms with Crippen molar-refractivity contribution in [1.29, 1.82) is 0 Å². The number of carboxylic acids is 1. The molecule has 0 radical (unpaired) electrons. The van der Waals surface area contributed by atoms with Gasteiger partial charge in [-0.1, -0.05) is 0 Å². The Labute approximate surface area is 105 Å². The SMILES string of the molecule is Cc1cc(CN2CCOC(C(=O)O)C2)c(C)s1. The van der Waals surface area contributed by atoms with Crippen molar-refractivity contribution in [3.63, 3.8) is 0 Å². The zero-order chi connectivity index (χ0) is 12.4. The second kappa shape index (κ2) is 5.16. The van der Waals surface area contributed by atoms with Crippen molar-refractivity contribution in [2.24, 2.45) is 0 Å². The van der Waals surface area contributed by atoms with Gasteiger partial charge in [-0.25, -0.2) is 4.79 Å². The minimum atomic E-state index is -0.868. The Morgan fingerprint density at radius 2 is 2.41 bits per heavy atom. The molecule has 2 heterocycles. The Bertz CT molecular complexity index is 416. The van der Waals surface area contributed by atoms with E-state index >= 15 is 0 Å². The second-order valence-corrected chi connectivity index (χ2v) is 5.83. The summed E-state index contributed by atoms with van der Waals surface area (Å²) in [6.45, 7) is 6.81. The molecular formula is C12H17NO3S. The molecule has 1 N–H and O–H groups in total. The molecule has 1 atom stereocenters. The number of rotatable bonds is 3. The van der Waals surface area contributed by atoms with E-state index in [2.05, 4.69) is 24.8 Å². The smallest absolute Gasteiger partial charge is 0.334 e. The molecule has 1 aromatic heterocycles. The fourth-order valence-corrected chi connectivity index (χ4v) is 3.02. The molecule has 0 spiro atoms. The van der Waals surface area contributed by atoms with Crippen LogP contribution in [0.25, 0.3) is 0 Å². The monoisotopic (exact) mass is 255 g/mol. The predicted octanol–water partition coefficient (Wildman–Crippen LogP) is 1.65. The first-order chi connectivity index (χ1) is 8.06. The van der Waals surface area contributed by atoms with E-state index in [1.807, 2.05) is 0 Å². The molecule has 1 aromatic rings.